The van der Waals surface area contributed by atoms with Crippen LogP contribution < -0.4 is 5.73 Å². The molecule has 1 saturated carbocycles. The molecule has 1 fully saturated rings. The minimum Gasteiger partial charge on any atom is -0.382 e. The fraction of sp³-hybridized carbons (Fsp3) is 1.00. The van der Waals surface area contributed by atoms with Crippen LogP contribution in [0.2, 0.25) is 0 Å². The first kappa shape index (κ1) is 11.0. The van der Waals surface area contributed by atoms with Crippen LogP contribution >= 0.6 is 0 Å². The van der Waals surface area contributed by atoms with Crippen molar-refractivity contribution < 1.29 is 4.74 Å². The summed E-state index contributed by atoms with van der Waals surface area (Å²) in [6.45, 7) is 4.41. The topological polar surface area (TPSA) is 35.2 Å². The Morgan fingerprint density at radius 2 is 2.31 bits per heavy atom. The van der Waals surface area contributed by atoms with Crippen LogP contribution in [0.1, 0.15) is 46.0 Å². The van der Waals surface area contributed by atoms with Gasteiger partial charge in [-0.3, -0.25) is 0 Å². The van der Waals surface area contributed by atoms with Crippen LogP contribution in [0, 0.1) is 5.92 Å². The van der Waals surface area contributed by atoms with E-state index < -0.39 is 0 Å². The molecule has 0 spiro atoms. The molecular formula is C11H23NO. The number of ether oxygens (including phenoxy) is 1. The third-order valence-electron chi connectivity index (χ3n) is 3.22. The Morgan fingerprint density at radius 3 is 2.85 bits per heavy atom. The van der Waals surface area contributed by atoms with E-state index in [1.54, 1.807) is 7.11 Å². The third kappa shape index (κ3) is 3.28. The van der Waals surface area contributed by atoms with Crippen molar-refractivity contribution in [2.45, 2.75) is 57.6 Å². The van der Waals surface area contributed by atoms with Crippen molar-refractivity contribution in [3.05, 3.63) is 0 Å². The summed E-state index contributed by atoms with van der Waals surface area (Å²) in [7, 11) is 1.76. The Morgan fingerprint density at radius 1 is 1.62 bits per heavy atom. The molecule has 0 aromatic heterocycles. The van der Waals surface area contributed by atoms with E-state index in [-0.39, 0.29) is 5.54 Å². The fourth-order valence-electron chi connectivity index (χ4n) is 2.54. The fourth-order valence-corrected chi connectivity index (χ4v) is 2.54. The number of hydrogen-bond donors (Lipinski definition) is 1. The van der Waals surface area contributed by atoms with Crippen LogP contribution in [-0.2, 0) is 4.74 Å². The monoisotopic (exact) mass is 185 g/mol. The van der Waals surface area contributed by atoms with Crippen molar-refractivity contribution in [1.82, 2.24) is 0 Å². The molecule has 2 heteroatoms. The minimum absolute atomic E-state index is 0.0487. The molecule has 0 heterocycles. The van der Waals surface area contributed by atoms with Crippen molar-refractivity contribution in [3.8, 4) is 0 Å². The zero-order valence-corrected chi connectivity index (χ0v) is 9.18. The molecule has 0 saturated heterocycles. The van der Waals surface area contributed by atoms with Crippen LogP contribution in [0.3, 0.4) is 0 Å². The molecule has 0 amide bonds. The highest BCUT2D eigenvalue weighted by Crippen LogP contribution is 2.33. The second kappa shape index (κ2) is 4.43. The zero-order valence-electron chi connectivity index (χ0n) is 9.18. The standard InChI is InChI=1S/C11H23NO/c1-9-5-4-6-11(12,7-9)8-10(2)13-3/h9-10H,4-8,12H2,1-3H3. The molecule has 0 aromatic carbocycles. The van der Waals surface area contributed by atoms with Gasteiger partial charge < -0.3 is 10.5 Å². The van der Waals surface area contributed by atoms with Gasteiger partial charge in [-0.25, -0.2) is 0 Å². The van der Waals surface area contributed by atoms with Crippen molar-refractivity contribution in [1.29, 1.82) is 0 Å². The molecule has 1 rings (SSSR count). The number of rotatable bonds is 3. The lowest BCUT2D eigenvalue weighted by Crippen LogP contribution is -2.46. The molecular weight excluding hydrogens is 162 g/mol. The van der Waals surface area contributed by atoms with E-state index in [0.29, 0.717) is 6.10 Å². The molecule has 0 aromatic rings. The van der Waals surface area contributed by atoms with E-state index in [1.165, 1.54) is 25.7 Å². The lowest BCUT2D eigenvalue weighted by atomic mass is 9.74. The average Bonchev–Trinajstić information content (AvgIpc) is 2.02. The number of nitrogens with two attached hydrogens (primary N) is 1. The highest BCUT2D eigenvalue weighted by Gasteiger charge is 2.32. The van der Waals surface area contributed by atoms with Crippen LogP contribution in [0.25, 0.3) is 0 Å². The van der Waals surface area contributed by atoms with E-state index in [9.17, 15) is 0 Å². The highest BCUT2D eigenvalue weighted by molar-refractivity contribution is 4.90. The van der Waals surface area contributed by atoms with Gasteiger partial charge in [0, 0.05) is 12.6 Å². The third-order valence-corrected chi connectivity index (χ3v) is 3.22. The largest absolute Gasteiger partial charge is 0.382 e. The molecule has 1 aliphatic carbocycles. The van der Waals surface area contributed by atoms with Crippen molar-refractivity contribution in [2.75, 3.05) is 7.11 Å². The van der Waals surface area contributed by atoms with Crippen LogP contribution in [-0.4, -0.2) is 18.8 Å². The van der Waals surface area contributed by atoms with Gasteiger partial charge in [0.15, 0.2) is 0 Å². The second-order valence-electron chi connectivity index (χ2n) is 4.81. The first-order valence-corrected chi connectivity index (χ1v) is 5.37. The van der Waals surface area contributed by atoms with Crippen molar-refractivity contribution in [2.24, 2.45) is 11.7 Å². The molecule has 78 valence electrons. The first-order valence-electron chi connectivity index (χ1n) is 5.37. The maximum Gasteiger partial charge on any atom is 0.0560 e. The SMILES string of the molecule is COC(C)CC1(N)CCCC(C)C1. The normalized spacial score (nSPS) is 37.4. The summed E-state index contributed by atoms with van der Waals surface area (Å²) in [6, 6.07) is 0. The molecule has 0 aliphatic heterocycles. The van der Waals surface area contributed by atoms with E-state index in [0.717, 1.165) is 12.3 Å². The Labute approximate surface area is 81.8 Å². The Kier molecular flexibility index (Phi) is 3.74. The Bertz CT molecular complexity index is 160. The van der Waals surface area contributed by atoms with E-state index in [1.807, 2.05) is 0 Å². The Balaban J connectivity index is 2.44. The van der Waals surface area contributed by atoms with Crippen molar-refractivity contribution in [3.63, 3.8) is 0 Å². The molecule has 2 nitrogen and oxygen atoms in total. The summed E-state index contributed by atoms with van der Waals surface area (Å²) in [4.78, 5) is 0. The summed E-state index contributed by atoms with van der Waals surface area (Å²) >= 11 is 0. The lowest BCUT2D eigenvalue weighted by molar-refractivity contribution is 0.0719. The maximum absolute atomic E-state index is 6.35. The summed E-state index contributed by atoms with van der Waals surface area (Å²) in [5.74, 6) is 0.794. The molecule has 2 N–H and O–H groups in total. The zero-order chi connectivity index (χ0) is 9.90. The van der Waals surface area contributed by atoms with Gasteiger partial charge in [-0.05, 0) is 32.1 Å². The number of methoxy groups -OCH3 is 1. The number of hydrogen-bond acceptors (Lipinski definition) is 2. The van der Waals surface area contributed by atoms with Gasteiger partial charge in [0.05, 0.1) is 6.10 Å². The molecule has 13 heavy (non-hydrogen) atoms. The summed E-state index contributed by atoms with van der Waals surface area (Å²) in [5.41, 5.74) is 6.39. The smallest absolute Gasteiger partial charge is 0.0560 e. The van der Waals surface area contributed by atoms with Crippen LogP contribution in [0.4, 0.5) is 0 Å². The molecule has 0 radical (unpaired) electrons. The second-order valence-corrected chi connectivity index (χ2v) is 4.81. The van der Waals surface area contributed by atoms with E-state index >= 15 is 0 Å². The van der Waals surface area contributed by atoms with Gasteiger partial charge in [0.1, 0.15) is 0 Å². The molecule has 0 bridgehead atoms. The van der Waals surface area contributed by atoms with Crippen LogP contribution in [0.15, 0.2) is 0 Å². The average molecular weight is 185 g/mol. The summed E-state index contributed by atoms with van der Waals surface area (Å²) < 4.78 is 5.27. The molecule has 3 atom stereocenters. The molecule has 3 unspecified atom stereocenters. The van der Waals surface area contributed by atoms with Gasteiger partial charge in [-0.1, -0.05) is 19.8 Å². The van der Waals surface area contributed by atoms with Gasteiger partial charge in [0.25, 0.3) is 0 Å². The lowest BCUT2D eigenvalue weighted by Gasteiger charge is -2.38. The predicted octanol–water partition coefficient (Wildman–Crippen LogP) is 2.32. The summed E-state index contributed by atoms with van der Waals surface area (Å²) in [5, 5.41) is 0. The van der Waals surface area contributed by atoms with Crippen LogP contribution in [0.5, 0.6) is 0 Å². The van der Waals surface area contributed by atoms with Gasteiger partial charge in [0.2, 0.25) is 0 Å². The van der Waals surface area contributed by atoms with Gasteiger partial charge in [-0.2, -0.15) is 0 Å². The molecule has 1 aliphatic rings. The summed E-state index contributed by atoms with van der Waals surface area (Å²) in [6.07, 6.45) is 6.28. The van der Waals surface area contributed by atoms with Gasteiger partial charge in [-0.15, -0.1) is 0 Å². The van der Waals surface area contributed by atoms with E-state index in [4.69, 9.17) is 10.5 Å². The Hall–Kier alpha value is -0.0800. The first-order chi connectivity index (χ1) is 6.06. The van der Waals surface area contributed by atoms with Crippen molar-refractivity contribution >= 4 is 0 Å². The highest BCUT2D eigenvalue weighted by atomic mass is 16.5. The van der Waals surface area contributed by atoms with Gasteiger partial charge >= 0.3 is 0 Å². The minimum atomic E-state index is 0.0487. The quantitative estimate of drug-likeness (QED) is 0.732. The maximum atomic E-state index is 6.35. The predicted molar refractivity (Wildman–Crippen MR) is 55.6 cm³/mol. The van der Waals surface area contributed by atoms with E-state index in [2.05, 4.69) is 13.8 Å².